The van der Waals surface area contributed by atoms with Crippen LogP contribution in [0.2, 0.25) is 5.02 Å². The summed E-state index contributed by atoms with van der Waals surface area (Å²) >= 11 is 5.95. The van der Waals surface area contributed by atoms with Crippen molar-refractivity contribution in [2.75, 3.05) is 6.61 Å². The molecule has 5 heteroatoms. The average Bonchev–Trinajstić information content (AvgIpc) is 2.46. The zero-order valence-corrected chi connectivity index (χ0v) is 11.4. The van der Waals surface area contributed by atoms with Crippen molar-refractivity contribution in [3.05, 3.63) is 64.7 Å². The Balaban J connectivity index is 2.15. The molecule has 2 aromatic rings. The summed E-state index contributed by atoms with van der Waals surface area (Å²) < 4.78 is 33.2. The van der Waals surface area contributed by atoms with Crippen LogP contribution < -0.4 is 10.5 Å². The number of halogens is 3. The second-order valence-corrected chi connectivity index (χ2v) is 4.69. The molecule has 0 atom stereocenters. The van der Waals surface area contributed by atoms with Crippen molar-refractivity contribution < 1.29 is 13.5 Å². The Hall–Kier alpha value is -1.65. The molecular formula is C15H14ClF2NO. The van der Waals surface area contributed by atoms with Gasteiger partial charge < -0.3 is 10.5 Å². The van der Waals surface area contributed by atoms with Gasteiger partial charge in [0.05, 0.1) is 0 Å². The SMILES string of the molecule is NCc1c(Cl)cccc1OCC(F)(F)c1ccccc1. The lowest BCUT2D eigenvalue weighted by Gasteiger charge is -2.19. The van der Waals surface area contributed by atoms with Crippen LogP contribution in [-0.4, -0.2) is 6.61 Å². The molecule has 0 aliphatic carbocycles. The van der Waals surface area contributed by atoms with E-state index in [9.17, 15) is 8.78 Å². The van der Waals surface area contributed by atoms with Gasteiger partial charge in [-0.15, -0.1) is 0 Å². The summed E-state index contributed by atoms with van der Waals surface area (Å²) in [6, 6.07) is 12.4. The lowest BCUT2D eigenvalue weighted by Crippen LogP contribution is -2.23. The van der Waals surface area contributed by atoms with Gasteiger partial charge in [-0.2, -0.15) is 8.78 Å². The molecular weight excluding hydrogens is 284 g/mol. The largest absolute Gasteiger partial charge is 0.487 e. The second-order valence-electron chi connectivity index (χ2n) is 4.28. The van der Waals surface area contributed by atoms with Crippen LogP contribution in [0.5, 0.6) is 5.75 Å². The number of ether oxygens (including phenoxy) is 1. The standard InChI is InChI=1S/C15H14ClF2NO/c16-13-7-4-8-14(12(13)9-19)20-10-15(17,18)11-5-2-1-3-6-11/h1-8H,9-10,19H2. The molecule has 0 aliphatic heterocycles. The number of hydrogen-bond acceptors (Lipinski definition) is 2. The molecule has 0 aromatic heterocycles. The van der Waals surface area contributed by atoms with Crippen LogP contribution in [0.4, 0.5) is 8.78 Å². The van der Waals surface area contributed by atoms with Gasteiger partial charge in [0.15, 0.2) is 6.61 Å². The van der Waals surface area contributed by atoms with Crippen LogP contribution in [0.25, 0.3) is 0 Å². The van der Waals surface area contributed by atoms with E-state index in [1.807, 2.05) is 0 Å². The summed E-state index contributed by atoms with van der Waals surface area (Å²) in [5, 5.41) is 0.410. The summed E-state index contributed by atoms with van der Waals surface area (Å²) in [6.45, 7) is -0.629. The number of alkyl halides is 2. The maximum Gasteiger partial charge on any atom is 0.306 e. The molecule has 0 saturated heterocycles. The zero-order chi connectivity index (χ0) is 14.6. The predicted molar refractivity (Wildman–Crippen MR) is 75.2 cm³/mol. The van der Waals surface area contributed by atoms with Crippen molar-refractivity contribution in [3.8, 4) is 5.75 Å². The van der Waals surface area contributed by atoms with E-state index in [1.54, 1.807) is 36.4 Å². The minimum atomic E-state index is -3.07. The van der Waals surface area contributed by atoms with Crippen molar-refractivity contribution in [1.29, 1.82) is 0 Å². The monoisotopic (exact) mass is 297 g/mol. The number of hydrogen-bond donors (Lipinski definition) is 1. The quantitative estimate of drug-likeness (QED) is 0.906. The highest BCUT2D eigenvalue weighted by atomic mass is 35.5. The van der Waals surface area contributed by atoms with E-state index in [0.717, 1.165) is 0 Å². The summed E-state index contributed by atoms with van der Waals surface area (Å²) in [4.78, 5) is 0. The van der Waals surface area contributed by atoms with Crippen LogP contribution in [0.15, 0.2) is 48.5 Å². The third-order valence-electron chi connectivity index (χ3n) is 2.89. The van der Waals surface area contributed by atoms with Crippen LogP contribution in [-0.2, 0) is 12.5 Å². The van der Waals surface area contributed by atoms with Crippen molar-refractivity contribution in [2.45, 2.75) is 12.5 Å². The van der Waals surface area contributed by atoms with Gasteiger partial charge in [0.1, 0.15) is 5.75 Å². The molecule has 0 saturated carbocycles. The van der Waals surface area contributed by atoms with E-state index in [4.69, 9.17) is 22.1 Å². The van der Waals surface area contributed by atoms with Crippen LogP contribution in [0.3, 0.4) is 0 Å². The molecule has 0 fully saturated rings. The topological polar surface area (TPSA) is 35.2 Å². The maximum atomic E-state index is 14.0. The molecule has 2 nitrogen and oxygen atoms in total. The van der Waals surface area contributed by atoms with Gasteiger partial charge in [0.2, 0.25) is 0 Å². The molecule has 2 aromatic carbocycles. The van der Waals surface area contributed by atoms with Crippen LogP contribution >= 0.6 is 11.6 Å². The number of nitrogens with two attached hydrogens (primary N) is 1. The van der Waals surface area contributed by atoms with Gasteiger partial charge in [-0.05, 0) is 12.1 Å². The van der Waals surface area contributed by atoms with Gasteiger partial charge in [-0.3, -0.25) is 0 Å². The van der Waals surface area contributed by atoms with E-state index in [2.05, 4.69) is 0 Å². The Bertz CT molecular complexity index is 575. The van der Waals surface area contributed by atoms with Gasteiger partial charge >= 0.3 is 5.92 Å². The summed E-state index contributed by atoms with van der Waals surface area (Å²) in [5.41, 5.74) is 5.99. The Labute approximate surface area is 121 Å². The fourth-order valence-corrected chi connectivity index (χ4v) is 2.05. The fraction of sp³-hybridized carbons (Fsp3) is 0.200. The van der Waals surface area contributed by atoms with Gasteiger partial charge in [0, 0.05) is 22.7 Å². The number of benzene rings is 2. The smallest absolute Gasteiger partial charge is 0.306 e. The van der Waals surface area contributed by atoms with E-state index in [0.29, 0.717) is 10.6 Å². The molecule has 0 bridgehead atoms. The third kappa shape index (κ3) is 3.26. The average molecular weight is 298 g/mol. The normalized spacial score (nSPS) is 11.4. The lowest BCUT2D eigenvalue weighted by molar-refractivity contribution is -0.0469. The molecule has 2 N–H and O–H groups in total. The first kappa shape index (κ1) is 14.8. The molecule has 2 rings (SSSR count). The fourth-order valence-electron chi connectivity index (χ4n) is 1.81. The van der Waals surface area contributed by atoms with Crippen LogP contribution in [0, 0.1) is 0 Å². The number of rotatable bonds is 5. The first-order chi connectivity index (χ1) is 9.54. The van der Waals surface area contributed by atoms with Crippen LogP contribution in [0.1, 0.15) is 11.1 Å². The van der Waals surface area contributed by atoms with Crippen molar-refractivity contribution in [1.82, 2.24) is 0 Å². The summed E-state index contributed by atoms with van der Waals surface area (Å²) in [6.07, 6.45) is 0. The minimum Gasteiger partial charge on any atom is -0.487 e. The highest BCUT2D eigenvalue weighted by Crippen LogP contribution is 2.31. The first-order valence-corrected chi connectivity index (χ1v) is 6.46. The molecule has 0 spiro atoms. The highest BCUT2D eigenvalue weighted by Gasteiger charge is 2.32. The molecule has 0 heterocycles. The van der Waals surface area contributed by atoms with Gasteiger partial charge in [0.25, 0.3) is 0 Å². The zero-order valence-electron chi connectivity index (χ0n) is 10.7. The Morgan fingerprint density at radius 3 is 2.40 bits per heavy atom. The summed E-state index contributed by atoms with van der Waals surface area (Å²) in [5.74, 6) is -2.79. The predicted octanol–water partition coefficient (Wildman–Crippen LogP) is 3.97. The van der Waals surface area contributed by atoms with Crippen molar-refractivity contribution >= 4 is 11.6 Å². The Morgan fingerprint density at radius 1 is 1.05 bits per heavy atom. The maximum absolute atomic E-state index is 14.0. The highest BCUT2D eigenvalue weighted by molar-refractivity contribution is 6.31. The first-order valence-electron chi connectivity index (χ1n) is 6.08. The van der Waals surface area contributed by atoms with Crippen molar-refractivity contribution in [3.63, 3.8) is 0 Å². The minimum absolute atomic E-state index is 0.0867. The van der Waals surface area contributed by atoms with E-state index >= 15 is 0 Å². The summed E-state index contributed by atoms with van der Waals surface area (Å²) in [7, 11) is 0. The van der Waals surface area contributed by atoms with E-state index in [1.165, 1.54) is 12.1 Å². The Morgan fingerprint density at radius 2 is 1.75 bits per heavy atom. The third-order valence-corrected chi connectivity index (χ3v) is 3.24. The Kier molecular flexibility index (Phi) is 4.57. The lowest BCUT2D eigenvalue weighted by atomic mass is 10.1. The van der Waals surface area contributed by atoms with E-state index < -0.39 is 12.5 Å². The van der Waals surface area contributed by atoms with E-state index in [-0.39, 0.29) is 17.9 Å². The molecule has 0 amide bonds. The molecule has 0 aliphatic rings. The van der Waals surface area contributed by atoms with Gasteiger partial charge in [-0.25, -0.2) is 0 Å². The van der Waals surface area contributed by atoms with Gasteiger partial charge in [-0.1, -0.05) is 48.0 Å². The second kappa shape index (κ2) is 6.20. The molecule has 20 heavy (non-hydrogen) atoms. The molecule has 0 radical (unpaired) electrons. The van der Waals surface area contributed by atoms with Crippen molar-refractivity contribution in [2.24, 2.45) is 5.73 Å². The molecule has 106 valence electrons. The molecule has 0 unspecified atom stereocenters.